The van der Waals surface area contributed by atoms with E-state index in [2.05, 4.69) is 5.16 Å². The molecule has 5 heteroatoms. The van der Waals surface area contributed by atoms with Crippen LogP contribution in [0.3, 0.4) is 0 Å². The molecule has 3 aromatic rings. The molecule has 0 atom stereocenters. The van der Waals surface area contributed by atoms with Crippen molar-refractivity contribution in [3.8, 4) is 11.3 Å². The van der Waals surface area contributed by atoms with Crippen LogP contribution in [0.1, 0.15) is 29.0 Å². The average molecular weight is 321 g/mol. The van der Waals surface area contributed by atoms with Gasteiger partial charge in [0.2, 0.25) is 0 Å². The molecule has 0 saturated heterocycles. The molecule has 1 amide bonds. The van der Waals surface area contributed by atoms with Crippen LogP contribution in [-0.2, 0) is 13.6 Å². The van der Waals surface area contributed by atoms with Gasteiger partial charge in [-0.05, 0) is 25.0 Å². The van der Waals surface area contributed by atoms with Gasteiger partial charge in [-0.25, -0.2) is 0 Å². The van der Waals surface area contributed by atoms with E-state index in [0.717, 1.165) is 24.1 Å². The minimum Gasteiger partial charge on any atom is -0.355 e. The number of rotatable bonds is 5. The Bertz CT molecular complexity index is 846. The molecule has 0 bridgehead atoms. The molecule has 2 aromatic heterocycles. The Morgan fingerprint density at radius 2 is 2.04 bits per heavy atom. The van der Waals surface area contributed by atoms with Crippen LogP contribution >= 0.6 is 0 Å². The molecule has 2 heterocycles. The molecule has 5 nitrogen and oxygen atoms in total. The highest BCUT2D eigenvalue weighted by Crippen LogP contribution is 2.30. The quantitative estimate of drug-likeness (QED) is 0.723. The van der Waals surface area contributed by atoms with E-state index < -0.39 is 0 Å². The Kier molecular flexibility index (Phi) is 3.69. The van der Waals surface area contributed by atoms with E-state index in [-0.39, 0.29) is 5.91 Å². The molecule has 122 valence electrons. The fourth-order valence-electron chi connectivity index (χ4n) is 2.85. The number of carbonyl (C=O) groups is 1. The first-order chi connectivity index (χ1) is 11.7. The highest BCUT2D eigenvalue weighted by atomic mass is 16.5. The van der Waals surface area contributed by atoms with Crippen molar-refractivity contribution in [2.24, 2.45) is 7.05 Å². The summed E-state index contributed by atoms with van der Waals surface area (Å²) in [6.07, 6.45) is 4.10. The van der Waals surface area contributed by atoms with E-state index >= 15 is 0 Å². The van der Waals surface area contributed by atoms with Crippen LogP contribution in [-0.4, -0.2) is 26.6 Å². The molecule has 0 aliphatic heterocycles. The molecule has 4 rings (SSSR count). The molecule has 24 heavy (non-hydrogen) atoms. The lowest BCUT2D eigenvalue weighted by atomic mass is 10.1. The van der Waals surface area contributed by atoms with Gasteiger partial charge < -0.3 is 14.0 Å². The fraction of sp³-hybridized carbons (Fsp3) is 0.263. The maximum atomic E-state index is 12.9. The first-order valence-electron chi connectivity index (χ1n) is 8.15. The highest BCUT2D eigenvalue weighted by Gasteiger charge is 2.34. The van der Waals surface area contributed by atoms with Crippen molar-refractivity contribution in [3.63, 3.8) is 0 Å². The minimum absolute atomic E-state index is 0.0652. The van der Waals surface area contributed by atoms with Crippen LogP contribution in [0.15, 0.2) is 59.3 Å². The Labute approximate surface area is 140 Å². The van der Waals surface area contributed by atoms with Gasteiger partial charge in [0, 0.05) is 36.6 Å². The van der Waals surface area contributed by atoms with Gasteiger partial charge in [0.15, 0.2) is 11.5 Å². The lowest BCUT2D eigenvalue weighted by Crippen LogP contribution is -2.33. The average Bonchev–Trinajstić information content (AvgIpc) is 3.18. The number of hydrogen-bond donors (Lipinski definition) is 0. The third kappa shape index (κ3) is 2.85. The fourth-order valence-corrected chi connectivity index (χ4v) is 2.85. The van der Waals surface area contributed by atoms with E-state index in [1.54, 1.807) is 6.07 Å². The smallest absolute Gasteiger partial charge is 0.276 e. The number of carbonyl (C=O) groups excluding carboxylic acids is 1. The van der Waals surface area contributed by atoms with Crippen LogP contribution < -0.4 is 0 Å². The van der Waals surface area contributed by atoms with Crippen LogP contribution in [0.2, 0.25) is 0 Å². The first-order valence-corrected chi connectivity index (χ1v) is 8.15. The van der Waals surface area contributed by atoms with Gasteiger partial charge in [-0.1, -0.05) is 35.5 Å². The monoisotopic (exact) mass is 321 g/mol. The molecule has 1 aliphatic rings. The van der Waals surface area contributed by atoms with Crippen molar-refractivity contribution in [1.29, 1.82) is 0 Å². The number of aromatic nitrogens is 2. The molecule has 0 unspecified atom stereocenters. The predicted octanol–water partition coefficient (Wildman–Crippen LogP) is 3.48. The molecule has 1 saturated carbocycles. The van der Waals surface area contributed by atoms with Crippen molar-refractivity contribution < 1.29 is 9.32 Å². The normalized spacial score (nSPS) is 13.9. The summed E-state index contributed by atoms with van der Waals surface area (Å²) in [4.78, 5) is 14.8. The van der Waals surface area contributed by atoms with Crippen LogP contribution in [0, 0.1) is 0 Å². The van der Waals surface area contributed by atoms with Gasteiger partial charge in [-0.2, -0.15) is 0 Å². The largest absolute Gasteiger partial charge is 0.355 e. The second-order valence-electron chi connectivity index (χ2n) is 6.22. The first kappa shape index (κ1) is 14.8. The minimum atomic E-state index is -0.0652. The summed E-state index contributed by atoms with van der Waals surface area (Å²) >= 11 is 0. The number of aryl methyl sites for hydroxylation is 1. The number of nitrogens with zero attached hydrogens (tertiary/aromatic N) is 3. The Hall–Kier alpha value is -2.82. The highest BCUT2D eigenvalue weighted by molar-refractivity contribution is 5.93. The van der Waals surface area contributed by atoms with Crippen molar-refractivity contribution in [2.75, 3.05) is 0 Å². The molecule has 0 spiro atoms. The maximum Gasteiger partial charge on any atom is 0.276 e. The van der Waals surface area contributed by atoms with Crippen LogP contribution in [0.5, 0.6) is 0 Å². The third-order valence-corrected chi connectivity index (χ3v) is 4.42. The van der Waals surface area contributed by atoms with Crippen LogP contribution in [0.25, 0.3) is 11.3 Å². The number of hydrogen-bond acceptors (Lipinski definition) is 3. The lowest BCUT2D eigenvalue weighted by molar-refractivity contribution is 0.0716. The van der Waals surface area contributed by atoms with Gasteiger partial charge in [-0.15, -0.1) is 0 Å². The zero-order valence-electron chi connectivity index (χ0n) is 13.6. The Morgan fingerprint density at radius 3 is 2.71 bits per heavy atom. The second-order valence-corrected chi connectivity index (χ2v) is 6.22. The van der Waals surface area contributed by atoms with Crippen molar-refractivity contribution in [2.45, 2.75) is 25.4 Å². The number of amides is 1. The van der Waals surface area contributed by atoms with E-state index in [4.69, 9.17) is 4.52 Å². The zero-order chi connectivity index (χ0) is 16.5. The van der Waals surface area contributed by atoms with Crippen molar-refractivity contribution in [1.82, 2.24) is 14.6 Å². The van der Waals surface area contributed by atoms with Gasteiger partial charge in [0.1, 0.15) is 0 Å². The van der Waals surface area contributed by atoms with E-state index in [1.165, 1.54) is 0 Å². The van der Waals surface area contributed by atoms with E-state index in [1.807, 2.05) is 65.2 Å². The molecule has 1 fully saturated rings. The van der Waals surface area contributed by atoms with Gasteiger partial charge in [0.25, 0.3) is 5.91 Å². The van der Waals surface area contributed by atoms with E-state index in [9.17, 15) is 4.79 Å². The summed E-state index contributed by atoms with van der Waals surface area (Å²) < 4.78 is 7.42. The molecular weight excluding hydrogens is 302 g/mol. The predicted molar refractivity (Wildman–Crippen MR) is 90.2 cm³/mol. The summed E-state index contributed by atoms with van der Waals surface area (Å²) in [7, 11) is 1.99. The summed E-state index contributed by atoms with van der Waals surface area (Å²) in [6.45, 7) is 0.598. The lowest BCUT2D eigenvalue weighted by Gasteiger charge is -2.21. The zero-order valence-corrected chi connectivity index (χ0v) is 13.6. The molecule has 1 aliphatic carbocycles. The molecule has 0 N–H and O–H groups in total. The van der Waals surface area contributed by atoms with Crippen molar-refractivity contribution >= 4 is 5.91 Å². The number of benzene rings is 1. The summed E-state index contributed by atoms with van der Waals surface area (Å²) in [6, 6.07) is 15.8. The molecular formula is C19H19N3O2. The standard InChI is InChI=1S/C19H19N3O2/c1-21-11-5-8-16(21)13-22(15-9-10-15)19(23)17-12-18(24-20-17)14-6-3-2-4-7-14/h2-8,11-12,15H,9-10,13H2,1H3. The van der Waals surface area contributed by atoms with Crippen LogP contribution in [0.4, 0.5) is 0 Å². The summed E-state index contributed by atoms with van der Waals surface area (Å²) in [5.74, 6) is 0.554. The summed E-state index contributed by atoms with van der Waals surface area (Å²) in [5, 5.41) is 4.00. The van der Waals surface area contributed by atoms with Gasteiger partial charge in [0.05, 0.1) is 6.54 Å². The Balaban J connectivity index is 1.57. The second kappa shape index (κ2) is 6.00. The van der Waals surface area contributed by atoms with Gasteiger partial charge in [-0.3, -0.25) is 4.79 Å². The molecule has 0 radical (unpaired) electrons. The topological polar surface area (TPSA) is 51.3 Å². The van der Waals surface area contributed by atoms with E-state index in [0.29, 0.717) is 24.0 Å². The maximum absolute atomic E-state index is 12.9. The molecule has 1 aromatic carbocycles. The summed E-state index contributed by atoms with van der Waals surface area (Å²) in [5.41, 5.74) is 2.40. The SMILES string of the molecule is Cn1cccc1CN(C(=O)c1cc(-c2ccccc2)on1)C1CC1. The Morgan fingerprint density at radius 1 is 1.25 bits per heavy atom. The third-order valence-electron chi connectivity index (χ3n) is 4.42. The van der Waals surface area contributed by atoms with Gasteiger partial charge >= 0.3 is 0 Å². The van der Waals surface area contributed by atoms with Crippen molar-refractivity contribution in [3.05, 3.63) is 66.1 Å².